The molecule has 0 atom stereocenters. The van der Waals surface area contributed by atoms with Gasteiger partial charge >= 0.3 is 0 Å². The van der Waals surface area contributed by atoms with Crippen molar-refractivity contribution in [3.8, 4) is 11.1 Å². The van der Waals surface area contributed by atoms with Crippen LogP contribution in [0, 0.1) is 0 Å². The standard InChI is InChI=1S/C24H27N3/c1-5-8-23(27(3)4)21-10-7-9-18(15-21)19-11-12-20-13-17(6-2)14-24(25)26-22(20)16-19/h6-13,15-16H,2,5,14H2,1,3-4H3,(H2,25,26)/b23-8-. The molecule has 1 heterocycles. The zero-order valence-corrected chi connectivity index (χ0v) is 16.4. The first-order chi connectivity index (χ1) is 13.0. The molecule has 0 aromatic heterocycles. The van der Waals surface area contributed by atoms with Crippen molar-refractivity contribution in [1.82, 2.24) is 4.90 Å². The first-order valence-electron chi connectivity index (χ1n) is 9.30. The Morgan fingerprint density at radius 1 is 1.19 bits per heavy atom. The number of aliphatic imine (C=N–C) groups is 1. The molecule has 27 heavy (non-hydrogen) atoms. The van der Waals surface area contributed by atoms with Gasteiger partial charge in [0.1, 0.15) is 5.84 Å². The van der Waals surface area contributed by atoms with Crippen LogP contribution in [-0.4, -0.2) is 24.8 Å². The van der Waals surface area contributed by atoms with Crippen molar-refractivity contribution in [1.29, 1.82) is 0 Å². The van der Waals surface area contributed by atoms with Gasteiger partial charge in [0.2, 0.25) is 0 Å². The van der Waals surface area contributed by atoms with Gasteiger partial charge in [-0.15, -0.1) is 0 Å². The number of nitrogens with zero attached hydrogens (tertiary/aromatic N) is 2. The molecule has 0 fully saturated rings. The molecular weight excluding hydrogens is 330 g/mol. The minimum absolute atomic E-state index is 0.617. The molecule has 3 rings (SSSR count). The highest BCUT2D eigenvalue weighted by atomic mass is 15.1. The van der Waals surface area contributed by atoms with Gasteiger partial charge in [0.15, 0.2) is 0 Å². The highest BCUT2D eigenvalue weighted by Gasteiger charge is 2.11. The van der Waals surface area contributed by atoms with E-state index in [1.165, 1.54) is 16.8 Å². The quantitative estimate of drug-likeness (QED) is 0.753. The Labute approximate surface area is 162 Å². The van der Waals surface area contributed by atoms with Crippen molar-refractivity contribution in [3.63, 3.8) is 0 Å². The van der Waals surface area contributed by atoms with Gasteiger partial charge < -0.3 is 10.6 Å². The van der Waals surface area contributed by atoms with Gasteiger partial charge in [-0.25, -0.2) is 4.99 Å². The summed E-state index contributed by atoms with van der Waals surface area (Å²) < 4.78 is 0. The lowest BCUT2D eigenvalue weighted by atomic mass is 9.98. The van der Waals surface area contributed by atoms with Crippen LogP contribution in [0.15, 0.2) is 71.8 Å². The number of fused-ring (bicyclic) bond motifs is 1. The minimum Gasteiger partial charge on any atom is -0.387 e. The molecule has 1 aliphatic heterocycles. The lowest BCUT2D eigenvalue weighted by Gasteiger charge is -2.18. The number of hydrogen-bond acceptors (Lipinski definition) is 3. The second-order valence-corrected chi connectivity index (χ2v) is 6.95. The molecule has 0 aliphatic carbocycles. The average molecular weight is 358 g/mol. The Bertz CT molecular complexity index is 946. The second-order valence-electron chi connectivity index (χ2n) is 6.95. The van der Waals surface area contributed by atoms with Gasteiger partial charge in [-0.1, -0.05) is 56.0 Å². The third kappa shape index (κ3) is 4.20. The molecule has 0 radical (unpaired) electrons. The number of hydrogen-bond donors (Lipinski definition) is 1. The number of allylic oxidation sites excluding steroid dienone is 2. The van der Waals surface area contributed by atoms with Crippen LogP contribution in [0.2, 0.25) is 0 Å². The van der Waals surface area contributed by atoms with Crippen LogP contribution in [0.25, 0.3) is 22.9 Å². The SMILES string of the molecule is C=CC1=Cc2ccc(-c3cccc(/C(=C/CC)N(C)C)c3)cc2N=C(N)C1. The van der Waals surface area contributed by atoms with E-state index in [0.29, 0.717) is 12.3 Å². The molecule has 0 saturated carbocycles. The molecule has 1 aliphatic rings. The Kier molecular flexibility index (Phi) is 5.60. The molecular formula is C24H27N3. The van der Waals surface area contributed by atoms with E-state index in [0.717, 1.165) is 28.8 Å². The average Bonchev–Trinajstić information content (AvgIpc) is 2.82. The fourth-order valence-electron chi connectivity index (χ4n) is 3.34. The van der Waals surface area contributed by atoms with E-state index in [1.807, 2.05) is 6.08 Å². The van der Waals surface area contributed by atoms with Crippen molar-refractivity contribution in [2.24, 2.45) is 10.7 Å². The first-order valence-corrected chi connectivity index (χ1v) is 9.30. The highest BCUT2D eigenvalue weighted by molar-refractivity contribution is 5.91. The topological polar surface area (TPSA) is 41.6 Å². The lowest BCUT2D eigenvalue weighted by Crippen LogP contribution is -2.10. The van der Waals surface area contributed by atoms with Crippen LogP contribution < -0.4 is 5.73 Å². The summed E-state index contributed by atoms with van der Waals surface area (Å²) in [5.41, 5.74) is 13.9. The molecule has 0 amide bonds. The molecule has 2 N–H and O–H groups in total. The predicted molar refractivity (Wildman–Crippen MR) is 118 cm³/mol. The monoisotopic (exact) mass is 357 g/mol. The fourth-order valence-corrected chi connectivity index (χ4v) is 3.34. The summed E-state index contributed by atoms with van der Waals surface area (Å²) in [5, 5.41) is 0. The summed E-state index contributed by atoms with van der Waals surface area (Å²) in [5.74, 6) is 0.617. The maximum absolute atomic E-state index is 6.08. The van der Waals surface area contributed by atoms with Crippen molar-refractivity contribution < 1.29 is 0 Å². The molecule has 3 nitrogen and oxygen atoms in total. The summed E-state index contributed by atoms with van der Waals surface area (Å²) in [6, 6.07) is 15.0. The molecule has 0 bridgehead atoms. The van der Waals surface area contributed by atoms with E-state index in [-0.39, 0.29) is 0 Å². The van der Waals surface area contributed by atoms with Crippen LogP contribution in [0.1, 0.15) is 30.9 Å². The van der Waals surface area contributed by atoms with E-state index in [4.69, 9.17) is 5.73 Å². The van der Waals surface area contributed by atoms with Crippen molar-refractivity contribution >= 4 is 23.3 Å². The highest BCUT2D eigenvalue weighted by Crippen LogP contribution is 2.33. The summed E-state index contributed by atoms with van der Waals surface area (Å²) in [7, 11) is 4.16. The van der Waals surface area contributed by atoms with Crippen LogP contribution in [-0.2, 0) is 0 Å². The van der Waals surface area contributed by atoms with Gasteiger partial charge in [-0.05, 0) is 46.9 Å². The van der Waals surface area contributed by atoms with Crippen LogP contribution in [0.5, 0.6) is 0 Å². The smallest absolute Gasteiger partial charge is 0.104 e. The van der Waals surface area contributed by atoms with Crippen molar-refractivity contribution in [2.75, 3.05) is 14.1 Å². The minimum atomic E-state index is 0.617. The fraction of sp³-hybridized carbons (Fsp3) is 0.208. The molecule has 0 saturated heterocycles. The zero-order valence-electron chi connectivity index (χ0n) is 16.4. The summed E-state index contributed by atoms with van der Waals surface area (Å²) in [6.45, 7) is 6.03. The molecule has 138 valence electrons. The number of amidine groups is 1. The van der Waals surface area contributed by atoms with Crippen LogP contribution in [0.4, 0.5) is 5.69 Å². The van der Waals surface area contributed by atoms with Crippen LogP contribution >= 0.6 is 0 Å². The third-order valence-corrected chi connectivity index (χ3v) is 4.65. The maximum Gasteiger partial charge on any atom is 0.104 e. The molecule has 2 aromatic rings. The van der Waals surface area contributed by atoms with Gasteiger partial charge in [-0.3, -0.25) is 0 Å². The maximum atomic E-state index is 6.08. The zero-order chi connectivity index (χ0) is 19.4. The largest absolute Gasteiger partial charge is 0.387 e. The van der Waals surface area contributed by atoms with E-state index in [2.05, 4.69) is 92.1 Å². The van der Waals surface area contributed by atoms with Crippen molar-refractivity contribution in [2.45, 2.75) is 19.8 Å². The van der Waals surface area contributed by atoms with Crippen molar-refractivity contribution in [3.05, 3.63) is 77.9 Å². The van der Waals surface area contributed by atoms with E-state index >= 15 is 0 Å². The normalized spacial score (nSPS) is 14.0. The lowest BCUT2D eigenvalue weighted by molar-refractivity contribution is 0.590. The molecule has 0 unspecified atom stereocenters. The molecule has 2 aromatic carbocycles. The number of benzene rings is 2. The second kappa shape index (κ2) is 8.09. The number of nitrogens with two attached hydrogens (primary N) is 1. The number of rotatable bonds is 5. The Morgan fingerprint density at radius 3 is 2.67 bits per heavy atom. The third-order valence-electron chi connectivity index (χ3n) is 4.65. The van der Waals surface area contributed by atoms with Gasteiger partial charge in [0.25, 0.3) is 0 Å². The van der Waals surface area contributed by atoms with Gasteiger partial charge in [0, 0.05) is 31.8 Å². The van der Waals surface area contributed by atoms with E-state index in [1.54, 1.807) is 0 Å². The predicted octanol–water partition coefficient (Wildman–Crippen LogP) is 5.63. The summed E-state index contributed by atoms with van der Waals surface area (Å²) >= 11 is 0. The summed E-state index contributed by atoms with van der Waals surface area (Å²) in [6.07, 6.45) is 7.85. The van der Waals surface area contributed by atoms with E-state index < -0.39 is 0 Å². The Morgan fingerprint density at radius 2 is 1.96 bits per heavy atom. The van der Waals surface area contributed by atoms with Gasteiger partial charge in [0.05, 0.1) is 5.69 Å². The Balaban J connectivity index is 2.05. The molecule has 0 spiro atoms. The molecule has 3 heteroatoms. The first kappa shape index (κ1) is 18.7. The van der Waals surface area contributed by atoms with Crippen LogP contribution in [0.3, 0.4) is 0 Å². The van der Waals surface area contributed by atoms with Gasteiger partial charge in [-0.2, -0.15) is 0 Å². The van der Waals surface area contributed by atoms with E-state index in [9.17, 15) is 0 Å². The Hall–Kier alpha value is -3.07. The summed E-state index contributed by atoms with van der Waals surface area (Å²) in [4.78, 5) is 6.77.